The topological polar surface area (TPSA) is 86.3 Å². The van der Waals surface area contributed by atoms with Crippen molar-refractivity contribution in [2.45, 2.75) is 105 Å². The Bertz CT molecular complexity index is 3070. The second-order valence-electron chi connectivity index (χ2n) is 20.9. The van der Waals surface area contributed by atoms with Crippen molar-refractivity contribution in [2.24, 2.45) is 0 Å². The quantitative estimate of drug-likeness (QED) is 0.0572. The Morgan fingerprint density at radius 2 is 0.645 bits per heavy atom. The van der Waals surface area contributed by atoms with E-state index in [-0.39, 0.29) is 33.0 Å². The Labute approximate surface area is 364 Å². The number of nitro groups is 2. The summed E-state index contributed by atoms with van der Waals surface area (Å²) in [7, 11) is 0. The largest absolute Gasteiger partial charge is 0.269 e. The van der Waals surface area contributed by atoms with Crippen LogP contribution >= 0.6 is 0 Å². The maximum Gasteiger partial charge on any atom is 0.269 e. The first-order chi connectivity index (χ1) is 28.9. The van der Waals surface area contributed by atoms with Crippen LogP contribution < -0.4 is 0 Å². The predicted octanol–water partition coefficient (Wildman–Crippen LogP) is 14.7. The first-order valence-electron chi connectivity index (χ1n) is 21.2. The van der Waals surface area contributed by atoms with Gasteiger partial charge in [0, 0.05) is 57.3 Å². The Balaban J connectivity index is 1.70. The summed E-state index contributed by atoms with van der Waals surface area (Å²) < 4.78 is 0. The lowest BCUT2D eigenvalue weighted by molar-refractivity contribution is -0.385. The fourth-order valence-corrected chi connectivity index (χ4v) is 8.47. The molecule has 8 rings (SSSR count). The van der Waals surface area contributed by atoms with Gasteiger partial charge in [-0.3, -0.25) is 20.2 Å². The van der Waals surface area contributed by atoms with Crippen LogP contribution in [0.5, 0.6) is 0 Å². The van der Waals surface area contributed by atoms with E-state index in [0.717, 1.165) is 65.0 Å². The smallest absolute Gasteiger partial charge is 0.258 e. The van der Waals surface area contributed by atoms with Crippen LogP contribution in [0, 0.1) is 43.9 Å². The molecule has 0 spiro atoms. The van der Waals surface area contributed by atoms with E-state index < -0.39 is 9.85 Å². The van der Waals surface area contributed by atoms with Crippen LogP contribution in [0.2, 0.25) is 0 Å². The van der Waals surface area contributed by atoms with Gasteiger partial charge in [-0.25, -0.2) is 0 Å². The van der Waals surface area contributed by atoms with Crippen LogP contribution in [0.4, 0.5) is 11.4 Å². The zero-order valence-electron chi connectivity index (χ0n) is 37.8. The molecule has 62 heavy (non-hydrogen) atoms. The zero-order chi connectivity index (χ0) is 44.8. The van der Waals surface area contributed by atoms with Gasteiger partial charge >= 0.3 is 0 Å². The second kappa shape index (κ2) is 14.4. The lowest BCUT2D eigenvalue weighted by Gasteiger charge is -2.28. The van der Waals surface area contributed by atoms with Crippen molar-refractivity contribution in [3.8, 4) is 23.7 Å². The zero-order valence-corrected chi connectivity index (χ0v) is 37.8. The molecule has 0 atom stereocenters. The van der Waals surface area contributed by atoms with Crippen molar-refractivity contribution >= 4 is 65.2 Å². The van der Waals surface area contributed by atoms with Crippen molar-refractivity contribution in [3.05, 3.63) is 162 Å². The van der Waals surface area contributed by atoms with Gasteiger partial charge in [0.25, 0.3) is 11.4 Å². The highest BCUT2D eigenvalue weighted by molar-refractivity contribution is 6.35. The molecule has 0 aliphatic carbocycles. The summed E-state index contributed by atoms with van der Waals surface area (Å²) >= 11 is 0. The summed E-state index contributed by atoms with van der Waals surface area (Å²) in [6.45, 7) is 27.0. The van der Waals surface area contributed by atoms with Gasteiger partial charge in [-0.2, -0.15) is 0 Å². The van der Waals surface area contributed by atoms with Crippen LogP contribution in [0.25, 0.3) is 53.9 Å². The molecule has 0 heterocycles. The Kier molecular flexibility index (Phi) is 9.76. The van der Waals surface area contributed by atoms with E-state index >= 15 is 0 Å². The van der Waals surface area contributed by atoms with Crippen LogP contribution in [-0.4, -0.2) is 9.85 Å². The van der Waals surface area contributed by atoms with Gasteiger partial charge in [0.1, 0.15) is 0 Å². The van der Waals surface area contributed by atoms with Crippen LogP contribution in [-0.2, 0) is 21.7 Å². The SMILES string of the molecule is CC(C)(C)c1cc2cc(C(C)(C)C)cc3c4c(C#Cc5ccc([N+](=O)[O-])cc5)c5cc(C(C)(C)C)cc6cc(C(C)(C)C)cc(c4c(C#Cc4ccc([N+](=O)[O-])cc4)c(c1)c23)c65. The molecule has 0 radical (unpaired) electrons. The highest BCUT2D eigenvalue weighted by Crippen LogP contribution is 2.49. The van der Waals surface area contributed by atoms with Gasteiger partial charge in [-0.05, 0) is 136 Å². The van der Waals surface area contributed by atoms with E-state index in [0.29, 0.717) is 11.1 Å². The molecule has 0 unspecified atom stereocenters. The Hall–Kier alpha value is -6.76. The van der Waals surface area contributed by atoms with E-state index in [9.17, 15) is 20.2 Å². The van der Waals surface area contributed by atoms with E-state index in [4.69, 9.17) is 0 Å². The van der Waals surface area contributed by atoms with Crippen molar-refractivity contribution in [3.63, 3.8) is 0 Å². The van der Waals surface area contributed by atoms with Gasteiger partial charge in [-0.15, -0.1) is 0 Å². The molecule has 6 heteroatoms. The van der Waals surface area contributed by atoms with Crippen molar-refractivity contribution in [2.75, 3.05) is 0 Å². The number of non-ortho nitro benzene ring substituents is 2. The molecule has 0 aliphatic rings. The summed E-state index contributed by atoms with van der Waals surface area (Å²) in [5.41, 5.74) is 7.19. The van der Waals surface area contributed by atoms with Gasteiger partial charge in [-0.1, -0.05) is 131 Å². The van der Waals surface area contributed by atoms with Crippen molar-refractivity contribution < 1.29 is 9.85 Å². The molecule has 0 aliphatic heterocycles. The molecule has 310 valence electrons. The minimum atomic E-state index is -0.394. The monoisotopic (exact) mass is 816 g/mol. The van der Waals surface area contributed by atoms with E-state index in [1.165, 1.54) is 46.5 Å². The summed E-state index contributed by atoms with van der Waals surface area (Å²) in [6, 6.07) is 31.5. The maximum atomic E-state index is 11.6. The third-order valence-corrected chi connectivity index (χ3v) is 12.2. The normalized spacial score (nSPS) is 12.5. The third-order valence-electron chi connectivity index (χ3n) is 12.2. The second-order valence-corrected chi connectivity index (χ2v) is 20.9. The summed E-state index contributed by atoms with van der Waals surface area (Å²) in [5, 5.41) is 33.9. The Morgan fingerprint density at radius 1 is 0.371 bits per heavy atom. The van der Waals surface area contributed by atoms with Gasteiger partial charge in [0.2, 0.25) is 0 Å². The molecule has 0 saturated heterocycles. The number of nitrogens with zero attached hydrogens (tertiary/aromatic N) is 2. The highest BCUT2D eigenvalue weighted by Gasteiger charge is 2.28. The van der Waals surface area contributed by atoms with Gasteiger partial charge < -0.3 is 0 Å². The molecule has 0 fully saturated rings. The lowest BCUT2D eigenvalue weighted by Crippen LogP contribution is -2.14. The number of benzene rings is 8. The molecular formula is C56H52N2O4. The Morgan fingerprint density at radius 3 is 0.903 bits per heavy atom. The number of fused-ring (bicyclic) bond motifs is 3. The molecule has 8 aromatic rings. The number of nitro benzene ring substituents is 2. The van der Waals surface area contributed by atoms with Crippen molar-refractivity contribution in [1.82, 2.24) is 0 Å². The molecule has 0 amide bonds. The number of hydrogen-bond acceptors (Lipinski definition) is 4. The maximum absolute atomic E-state index is 11.6. The number of hydrogen-bond donors (Lipinski definition) is 0. The van der Waals surface area contributed by atoms with E-state index in [1.54, 1.807) is 24.3 Å². The van der Waals surface area contributed by atoms with E-state index in [1.807, 2.05) is 0 Å². The van der Waals surface area contributed by atoms with Gasteiger partial charge in [0.05, 0.1) is 9.85 Å². The summed E-state index contributed by atoms with van der Waals surface area (Å²) in [5.74, 6) is 14.3. The predicted molar refractivity (Wildman–Crippen MR) is 258 cm³/mol. The molecule has 6 nitrogen and oxygen atoms in total. The highest BCUT2D eigenvalue weighted by atomic mass is 16.6. The standard InChI is InChI=1S/C56H52N2O4/c1-53(2,3)37-25-35-27-39(55(7,8)9)31-47-49(35)45(29-37)43(23-17-33-13-19-41(20-14-33)57(59)60)51-48-32-40(56(10,11)12)28-36-26-38(54(4,5)6)30-46(50(36)48)44(52(47)51)24-18-34-15-21-42(22-16-34)58(61)62/h13-16,19-22,25-32H,1-12H3. The summed E-state index contributed by atoms with van der Waals surface area (Å²) in [4.78, 5) is 22.4. The molecule has 0 bridgehead atoms. The fourth-order valence-electron chi connectivity index (χ4n) is 8.47. The minimum Gasteiger partial charge on any atom is -0.258 e. The van der Waals surface area contributed by atoms with E-state index in [2.05, 4.69) is 155 Å². The first-order valence-corrected chi connectivity index (χ1v) is 21.2. The third kappa shape index (κ3) is 7.49. The average Bonchev–Trinajstić information content (AvgIpc) is 3.18. The van der Waals surface area contributed by atoms with Crippen LogP contribution in [0.3, 0.4) is 0 Å². The fraction of sp³-hybridized carbons (Fsp3) is 0.286. The van der Waals surface area contributed by atoms with Crippen LogP contribution in [0.15, 0.2) is 97.1 Å². The average molecular weight is 817 g/mol. The molecule has 0 aromatic heterocycles. The number of rotatable bonds is 2. The summed E-state index contributed by atoms with van der Waals surface area (Å²) in [6.07, 6.45) is 0. The molecule has 0 saturated carbocycles. The van der Waals surface area contributed by atoms with Gasteiger partial charge in [0.15, 0.2) is 0 Å². The lowest BCUT2D eigenvalue weighted by atomic mass is 9.75. The van der Waals surface area contributed by atoms with Crippen molar-refractivity contribution in [1.29, 1.82) is 0 Å². The molecule has 8 aromatic carbocycles. The van der Waals surface area contributed by atoms with Crippen LogP contribution in [0.1, 0.15) is 128 Å². The first kappa shape index (κ1) is 42.0. The minimum absolute atomic E-state index is 0.0137. The molecular weight excluding hydrogens is 765 g/mol. The molecule has 0 N–H and O–H groups in total.